The largest absolute Gasteiger partial charge is 0.455 e. The zero-order valence-corrected chi connectivity index (χ0v) is 19.4. The van der Waals surface area contributed by atoms with Crippen molar-refractivity contribution in [1.29, 1.82) is 0 Å². The van der Waals surface area contributed by atoms with Gasteiger partial charge in [0.15, 0.2) is 6.20 Å². The highest BCUT2D eigenvalue weighted by atomic mass is 28.3. The van der Waals surface area contributed by atoms with Crippen molar-refractivity contribution in [2.24, 2.45) is 7.05 Å². The lowest BCUT2D eigenvalue weighted by Gasteiger charge is -2.26. The van der Waals surface area contributed by atoms with Gasteiger partial charge >= 0.3 is 0 Å². The lowest BCUT2D eigenvalue weighted by molar-refractivity contribution is -0.659. The maximum absolute atomic E-state index is 6.71. The molecule has 0 fully saturated rings. The van der Waals surface area contributed by atoms with Gasteiger partial charge in [0.2, 0.25) is 5.69 Å². The van der Waals surface area contributed by atoms with E-state index in [0.29, 0.717) is 0 Å². The third kappa shape index (κ3) is 2.57. The molecule has 1 aromatic heterocycles. The number of fused-ring (bicyclic) bond motifs is 3. The van der Waals surface area contributed by atoms with Crippen LogP contribution in [0.15, 0.2) is 42.6 Å². The van der Waals surface area contributed by atoms with Crippen LogP contribution in [0.2, 0.25) is 19.6 Å². The van der Waals surface area contributed by atoms with Crippen LogP contribution < -0.4 is 14.5 Å². The summed E-state index contributed by atoms with van der Waals surface area (Å²) in [5.41, 5.74) is 6.31. The van der Waals surface area contributed by atoms with Crippen molar-refractivity contribution in [2.45, 2.75) is 40.4 Å². The fraction of sp³-hybridized carbons (Fsp3) is 0.269. The molecule has 1 aliphatic heterocycles. The van der Waals surface area contributed by atoms with Gasteiger partial charge in [-0.3, -0.25) is 0 Å². The summed E-state index contributed by atoms with van der Waals surface area (Å²) in [6.45, 7) is 13.8. The van der Waals surface area contributed by atoms with Gasteiger partial charge in [0.05, 0.1) is 19.0 Å². The van der Waals surface area contributed by atoms with Crippen molar-refractivity contribution >= 4 is 34.8 Å². The number of ether oxygens (including phenoxy) is 1. The van der Waals surface area contributed by atoms with E-state index in [1.54, 1.807) is 0 Å². The van der Waals surface area contributed by atoms with E-state index in [1.165, 1.54) is 54.7 Å². The highest BCUT2D eigenvalue weighted by Gasteiger charge is 2.33. The molecule has 2 nitrogen and oxygen atoms in total. The van der Waals surface area contributed by atoms with E-state index in [4.69, 9.17) is 4.74 Å². The molecule has 5 rings (SSSR count). The minimum atomic E-state index is -1.46. The van der Waals surface area contributed by atoms with Crippen LogP contribution in [0.25, 0.3) is 32.8 Å². The van der Waals surface area contributed by atoms with Crippen LogP contribution in [0, 0.1) is 20.8 Å². The van der Waals surface area contributed by atoms with Crippen LogP contribution in [0.5, 0.6) is 11.5 Å². The number of nitrogens with zero attached hydrogens (tertiary/aromatic N) is 1. The number of aryl methyl sites for hydroxylation is 4. The molecule has 0 saturated carbocycles. The summed E-state index contributed by atoms with van der Waals surface area (Å²) in [5.74, 6) is 2.03. The van der Waals surface area contributed by atoms with Crippen LogP contribution in [-0.2, 0) is 7.05 Å². The molecule has 3 heteroatoms. The highest BCUT2D eigenvalue weighted by Crippen LogP contribution is 2.50. The van der Waals surface area contributed by atoms with E-state index < -0.39 is 8.07 Å². The van der Waals surface area contributed by atoms with Crippen molar-refractivity contribution in [3.8, 4) is 22.8 Å². The molecule has 0 aliphatic carbocycles. The minimum Gasteiger partial charge on any atom is -0.455 e. The molecule has 0 unspecified atom stereocenters. The summed E-state index contributed by atoms with van der Waals surface area (Å²) in [6, 6.07) is 13.7. The first-order valence-corrected chi connectivity index (χ1v) is 13.9. The van der Waals surface area contributed by atoms with Crippen LogP contribution >= 0.6 is 0 Å². The summed E-state index contributed by atoms with van der Waals surface area (Å²) in [5, 5.41) is 6.56. The third-order valence-electron chi connectivity index (χ3n) is 6.44. The van der Waals surface area contributed by atoms with Crippen LogP contribution in [-0.4, -0.2) is 8.07 Å². The van der Waals surface area contributed by atoms with Gasteiger partial charge in [-0.2, -0.15) is 0 Å². The van der Waals surface area contributed by atoms with Gasteiger partial charge in [0, 0.05) is 11.6 Å². The number of benzene rings is 3. The smallest absolute Gasteiger partial charge is 0.228 e. The molecule has 0 N–H and O–H groups in total. The Morgan fingerprint density at radius 2 is 1.62 bits per heavy atom. The van der Waals surface area contributed by atoms with Gasteiger partial charge in [0.1, 0.15) is 18.5 Å². The molecule has 0 spiro atoms. The van der Waals surface area contributed by atoms with E-state index >= 15 is 0 Å². The molecular formula is C26H28NOSi+. The third-order valence-corrected chi connectivity index (χ3v) is 8.46. The molecule has 2 heterocycles. The first kappa shape index (κ1) is 18.4. The second kappa shape index (κ2) is 5.93. The van der Waals surface area contributed by atoms with E-state index in [1.807, 2.05) is 0 Å². The molecule has 3 aromatic carbocycles. The van der Waals surface area contributed by atoms with E-state index in [9.17, 15) is 0 Å². The van der Waals surface area contributed by atoms with Crippen molar-refractivity contribution in [1.82, 2.24) is 0 Å². The Balaban J connectivity index is 1.96. The van der Waals surface area contributed by atoms with Crippen LogP contribution in [0.3, 0.4) is 0 Å². The summed E-state index contributed by atoms with van der Waals surface area (Å²) in [6.07, 6.45) is 2.19. The summed E-state index contributed by atoms with van der Waals surface area (Å²) >= 11 is 0. The van der Waals surface area contributed by atoms with Gasteiger partial charge in [-0.15, -0.1) is 0 Å². The minimum absolute atomic E-state index is 1.01. The molecule has 1 aliphatic rings. The standard InChI is InChI=1S/C26H28NOSi/c1-15-8-9-20-16(2)23-25-24-18(10-11-27(25)4)13-19(29(5,6)7)14-22(24)28-26(23)17(3)21(20)12-15/h8-14H,1-7H3/q+1. The topological polar surface area (TPSA) is 13.1 Å². The summed E-state index contributed by atoms with van der Waals surface area (Å²) < 4.78 is 8.97. The number of rotatable bonds is 1. The molecule has 4 aromatic rings. The lowest BCUT2D eigenvalue weighted by atomic mass is 9.89. The normalized spacial score (nSPS) is 12.9. The molecule has 0 atom stereocenters. The molecule has 29 heavy (non-hydrogen) atoms. The summed E-state index contributed by atoms with van der Waals surface area (Å²) in [7, 11) is 0.688. The Morgan fingerprint density at radius 1 is 0.862 bits per heavy atom. The van der Waals surface area contributed by atoms with Gasteiger partial charge in [0.25, 0.3) is 0 Å². The predicted molar refractivity (Wildman–Crippen MR) is 125 cm³/mol. The Morgan fingerprint density at radius 3 is 2.34 bits per heavy atom. The Hall–Kier alpha value is -2.65. The molecular weight excluding hydrogens is 370 g/mol. The quantitative estimate of drug-likeness (QED) is 0.247. The second-order valence-electron chi connectivity index (χ2n) is 9.57. The maximum Gasteiger partial charge on any atom is 0.228 e. The average molecular weight is 399 g/mol. The van der Waals surface area contributed by atoms with Gasteiger partial charge in [-0.1, -0.05) is 54.7 Å². The zero-order valence-electron chi connectivity index (χ0n) is 18.4. The Kier molecular flexibility index (Phi) is 3.76. The van der Waals surface area contributed by atoms with E-state index in [0.717, 1.165) is 11.5 Å². The molecule has 0 radical (unpaired) electrons. The van der Waals surface area contributed by atoms with Crippen molar-refractivity contribution in [3.05, 3.63) is 59.3 Å². The number of hydrogen-bond donors (Lipinski definition) is 0. The monoisotopic (exact) mass is 398 g/mol. The van der Waals surface area contributed by atoms with Gasteiger partial charge < -0.3 is 4.74 Å². The lowest BCUT2D eigenvalue weighted by Crippen LogP contribution is -2.38. The SMILES string of the molecule is Cc1ccc2c(C)c3c(c(C)c2c1)Oc1cc([Si](C)(C)C)cc2cc[n+](C)c-3c12. The van der Waals surface area contributed by atoms with E-state index in [2.05, 4.69) is 94.6 Å². The Bertz CT molecular complexity index is 1350. The molecule has 0 amide bonds. The van der Waals surface area contributed by atoms with Crippen LogP contribution in [0.1, 0.15) is 16.7 Å². The zero-order chi connectivity index (χ0) is 20.7. The summed E-state index contributed by atoms with van der Waals surface area (Å²) in [4.78, 5) is 0. The number of pyridine rings is 1. The second-order valence-corrected chi connectivity index (χ2v) is 14.6. The predicted octanol–water partition coefficient (Wildman–Crippen LogP) is 6.06. The highest BCUT2D eigenvalue weighted by molar-refractivity contribution is 6.88. The fourth-order valence-electron chi connectivity index (χ4n) is 4.71. The first-order chi connectivity index (χ1) is 13.7. The molecule has 146 valence electrons. The van der Waals surface area contributed by atoms with Gasteiger partial charge in [-0.05, 0) is 48.6 Å². The van der Waals surface area contributed by atoms with Crippen LogP contribution in [0.4, 0.5) is 0 Å². The van der Waals surface area contributed by atoms with Crippen molar-refractivity contribution in [3.63, 3.8) is 0 Å². The van der Waals surface area contributed by atoms with E-state index in [-0.39, 0.29) is 0 Å². The first-order valence-electron chi connectivity index (χ1n) is 10.4. The van der Waals surface area contributed by atoms with Crippen molar-refractivity contribution < 1.29 is 9.30 Å². The fourth-order valence-corrected chi connectivity index (χ4v) is 5.87. The average Bonchev–Trinajstić information content (AvgIpc) is 2.67. The Labute approximate surface area is 173 Å². The number of hydrogen-bond acceptors (Lipinski definition) is 1. The maximum atomic E-state index is 6.71. The molecule has 0 bridgehead atoms. The van der Waals surface area contributed by atoms with Crippen molar-refractivity contribution in [2.75, 3.05) is 0 Å². The number of aromatic nitrogens is 1. The van der Waals surface area contributed by atoms with Gasteiger partial charge in [-0.25, -0.2) is 4.57 Å². The molecule has 0 saturated heterocycles.